The fourth-order valence-electron chi connectivity index (χ4n) is 1.56. The van der Waals surface area contributed by atoms with Gasteiger partial charge in [0.2, 0.25) is 17.3 Å². The second-order valence-corrected chi connectivity index (χ2v) is 5.57. The van der Waals surface area contributed by atoms with E-state index in [1.807, 2.05) is 0 Å². The lowest BCUT2D eigenvalue weighted by molar-refractivity contribution is 0.0527. The fraction of sp³-hybridized carbons (Fsp3) is 0.154. The molecule has 0 atom stereocenters. The Balaban J connectivity index is 2.58. The first-order valence-electron chi connectivity index (χ1n) is 5.60. The molecule has 2 rings (SSSR count). The number of rotatable bonds is 3. The molecular formula is C13H9Br2NO5. The van der Waals surface area contributed by atoms with Crippen molar-refractivity contribution in [2.24, 2.45) is 0 Å². The zero-order valence-corrected chi connectivity index (χ0v) is 14.1. The van der Waals surface area contributed by atoms with E-state index in [1.54, 1.807) is 18.2 Å². The third-order valence-electron chi connectivity index (χ3n) is 2.54. The Hall–Kier alpha value is -1.67. The standard InChI is InChI=1S/C13H9Br2NO5/c1-19-12(17)9-10(13(18)20-2)21-11(16-9)7-4-3-6(14)5-8(7)15/h3-5H,1-2H3. The molecule has 0 aliphatic carbocycles. The van der Waals surface area contributed by atoms with Crippen molar-refractivity contribution in [2.75, 3.05) is 14.2 Å². The van der Waals surface area contributed by atoms with Crippen LogP contribution in [0.3, 0.4) is 0 Å². The van der Waals surface area contributed by atoms with Crippen molar-refractivity contribution in [3.63, 3.8) is 0 Å². The zero-order valence-electron chi connectivity index (χ0n) is 11.0. The van der Waals surface area contributed by atoms with Crippen LogP contribution in [0.25, 0.3) is 11.5 Å². The summed E-state index contributed by atoms with van der Waals surface area (Å²) < 4.78 is 16.1. The molecule has 0 spiro atoms. The van der Waals surface area contributed by atoms with Crippen molar-refractivity contribution in [1.82, 2.24) is 4.98 Å². The topological polar surface area (TPSA) is 78.6 Å². The van der Waals surface area contributed by atoms with Crippen LogP contribution in [0.2, 0.25) is 0 Å². The maximum atomic E-state index is 11.7. The molecule has 1 heterocycles. The van der Waals surface area contributed by atoms with Crippen molar-refractivity contribution >= 4 is 43.8 Å². The van der Waals surface area contributed by atoms with Gasteiger partial charge in [0.15, 0.2) is 0 Å². The van der Waals surface area contributed by atoms with E-state index in [4.69, 9.17) is 4.42 Å². The number of carbonyl (C=O) groups excluding carboxylic acids is 2. The van der Waals surface area contributed by atoms with E-state index in [0.717, 1.165) is 4.47 Å². The molecule has 6 nitrogen and oxygen atoms in total. The fourth-order valence-corrected chi connectivity index (χ4v) is 2.78. The molecule has 0 N–H and O–H groups in total. The number of hydrogen-bond donors (Lipinski definition) is 0. The second kappa shape index (κ2) is 6.40. The van der Waals surface area contributed by atoms with Gasteiger partial charge in [-0.3, -0.25) is 0 Å². The highest BCUT2D eigenvalue weighted by Crippen LogP contribution is 2.31. The van der Waals surface area contributed by atoms with E-state index in [1.165, 1.54) is 14.2 Å². The van der Waals surface area contributed by atoms with Crippen LogP contribution in [0.1, 0.15) is 21.0 Å². The smallest absolute Gasteiger partial charge is 0.376 e. The van der Waals surface area contributed by atoms with Crippen LogP contribution in [0.15, 0.2) is 31.6 Å². The number of aromatic nitrogens is 1. The van der Waals surface area contributed by atoms with Gasteiger partial charge in [-0.05, 0) is 34.1 Å². The monoisotopic (exact) mass is 417 g/mol. The molecule has 0 fully saturated rings. The summed E-state index contributed by atoms with van der Waals surface area (Å²) in [5.41, 5.74) is 0.354. The highest BCUT2D eigenvalue weighted by molar-refractivity contribution is 9.11. The Morgan fingerprint density at radius 1 is 1.14 bits per heavy atom. The van der Waals surface area contributed by atoms with Gasteiger partial charge in [-0.1, -0.05) is 15.9 Å². The largest absolute Gasteiger partial charge is 0.464 e. The minimum absolute atomic E-state index is 0.107. The van der Waals surface area contributed by atoms with Gasteiger partial charge in [0.05, 0.1) is 19.8 Å². The van der Waals surface area contributed by atoms with Crippen LogP contribution < -0.4 is 0 Å². The van der Waals surface area contributed by atoms with E-state index < -0.39 is 11.9 Å². The molecule has 21 heavy (non-hydrogen) atoms. The lowest BCUT2D eigenvalue weighted by Gasteiger charge is -2.00. The van der Waals surface area contributed by atoms with E-state index >= 15 is 0 Å². The van der Waals surface area contributed by atoms with Gasteiger partial charge in [0.25, 0.3) is 0 Å². The zero-order chi connectivity index (χ0) is 15.6. The second-order valence-electron chi connectivity index (χ2n) is 3.80. The Morgan fingerprint density at radius 2 is 1.81 bits per heavy atom. The minimum Gasteiger partial charge on any atom is -0.464 e. The van der Waals surface area contributed by atoms with E-state index in [-0.39, 0.29) is 17.3 Å². The lowest BCUT2D eigenvalue weighted by atomic mass is 10.2. The molecule has 0 radical (unpaired) electrons. The van der Waals surface area contributed by atoms with Gasteiger partial charge >= 0.3 is 11.9 Å². The van der Waals surface area contributed by atoms with Crippen LogP contribution in [-0.4, -0.2) is 31.1 Å². The number of carbonyl (C=O) groups is 2. The quantitative estimate of drug-likeness (QED) is 0.710. The number of methoxy groups -OCH3 is 2. The molecular weight excluding hydrogens is 410 g/mol. The third-order valence-corrected chi connectivity index (χ3v) is 3.69. The predicted octanol–water partition coefficient (Wildman–Crippen LogP) is 3.44. The number of nitrogens with zero attached hydrogens (tertiary/aromatic N) is 1. The van der Waals surface area contributed by atoms with Gasteiger partial charge in [-0.25, -0.2) is 14.6 Å². The third kappa shape index (κ3) is 3.16. The van der Waals surface area contributed by atoms with Gasteiger partial charge in [-0.2, -0.15) is 0 Å². The van der Waals surface area contributed by atoms with Gasteiger partial charge in [-0.15, -0.1) is 0 Å². The summed E-state index contributed by atoms with van der Waals surface area (Å²) in [6.07, 6.45) is 0. The highest BCUT2D eigenvalue weighted by atomic mass is 79.9. The van der Waals surface area contributed by atoms with Crippen LogP contribution in [0.4, 0.5) is 0 Å². The molecule has 0 aliphatic heterocycles. The summed E-state index contributed by atoms with van der Waals surface area (Å²) in [6.45, 7) is 0. The number of esters is 2. The minimum atomic E-state index is -0.803. The molecule has 1 aromatic carbocycles. The maximum Gasteiger partial charge on any atom is 0.376 e. The number of ether oxygens (including phenoxy) is 2. The molecule has 2 aromatic rings. The normalized spacial score (nSPS) is 10.3. The Morgan fingerprint density at radius 3 is 2.38 bits per heavy atom. The Kier molecular flexibility index (Phi) is 4.79. The summed E-state index contributed by atoms with van der Waals surface area (Å²) in [5, 5.41) is 0. The summed E-state index contributed by atoms with van der Waals surface area (Å²) >= 11 is 6.69. The van der Waals surface area contributed by atoms with Crippen molar-refractivity contribution in [1.29, 1.82) is 0 Å². The summed E-state index contributed by atoms with van der Waals surface area (Å²) in [7, 11) is 2.37. The molecule has 0 bridgehead atoms. The number of benzene rings is 1. The first-order valence-corrected chi connectivity index (χ1v) is 7.19. The van der Waals surface area contributed by atoms with Crippen molar-refractivity contribution in [3.05, 3.63) is 38.6 Å². The molecule has 0 saturated heterocycles. The SMILES string of the molecule is COC(=O)c1nc(-c2ccc(Br)cc2Br)oc1C(=O)OC. The molecule has 0 amide bonds. The van der Waals surface area contributed by atoms with Crippen LogP contribution >= 0.6 is 31.9 Å². The molecule has 0 unspecified atom stereocenters. The number of oxazole rings is 1. The number of halogens is 2. The average molecular weight is 419 g/mol. The molecule has 0 saturated carbocycles. The first-order chi connectivity index (χ1) is 9.97. The van der Waals surface area contributed by atoms with Crippen molar-refractivity contribution < 1.29 is 23.5 Å². The van der Waals surface area contributed by atoms with E-state index in [9.17, 15) is 9.59 Å². The Labute approximate surface area is 136 Å². The van der Waals surface area contributed by atoms with Crippen molar-refractivity contribution in [3.8, 4) is 11.5 Å². The average Bonchev–Trinajstić information content (AvgIpc) is 2.90. The first kappa shape index (κ1) is 15.7. The molecule has 1 aromatic heterocycles. The summed E-state index contributed by atoms with van der Waals surface area (Å²) in [6, 6.07) is 5.29. The lowest BCUT2D eigenvalue weighted by Crippen LogP contribution is -2.10. The number of hydrogen-bond acceptors (Lipinski definition) is 6. The van der Waals surface area contributed by atoms with Gasteiger partial charge in [0.1, 0.15) is 0 Å². The summed E-state index contributed by atoms with van der Waals surface area (Å²) in [5.74, 6) is -1.77. The maximum absolute atomic E-state index is 11.7. The molecule has 8 heteroatoms. The van der Waals surface area contributed by atoms with Crippen LogP contribution in [0.5, 0.6) is 0 Å². The summed E-state index contributed by atoms with van der Waals surface area (Å²) in [4.78, 5) is 27.3. The van der Waals surface area contributed by atoms with Crippen LogP contribution in [0, 0.1) is 0 Å². The molecule has 110 valence electrons. The van der Waals surface area contributed by atoms with E-state index in [2.05, 4.69) is 46.3 Å². The highest BCUT2D eigenvalue weighted by Gasteiger charge is 2.28. The van der Waals surface area contributed by atoms with Gasteiger partial charge < -0.3 is 13.9 Å². The van der Waals surface area contributed by atoms with Crippen molar-refractivity contribution in [2.45, 2.75) is 0 Å². The van der Waals surface area contributed by atoms with Gasteiger partial charge in [0, 0.05) is 8.95 Å². The molecule has 0 aliphatic rings. The van der Waals surface area contributed by atoms with Crippen LogP contribution in [-0.2, 0) is 9.47 Å². The Bertz CT molecular complexity index is 677. The van der Waals surface area contributed by atoms with E-state index in [0.29, 0.717) is 10.0 Å². The predicted molar refractivity (Wildman–Crippen MR) is 80.0 cm³/mol.